The maximum absolute atomic E-state index is 11.9. The molecule has 2 heterocycles. The lowest BCUT2D eigenvalue weighted by Gasteiger charge is -2.25. The van der Waals surface area contributed by atoms with Gasteiger partial charge in [0.1, 0.15) is 0 Å². The SMILES string of the molecule is CC(C)[C@H](C(=O)O)[C@H](Cc1ccccc1C1=CCNC1)c1nnn[nH]1. The van der Waals surface area contributed by atoms with Crippen LogP contribution in [0, 0.1) is 11.8 Å². The van der Waals surface area contributed by atoms with Gasteiger partial charge >= 0.3 is 5.97 Å². The van der Waals surface area contributed by atoms with Gasteiger partial charge in [0.05, 0.1) is 5.92 Å². The fourth-order valence-electron chi connectivity index (χ4n) is 3.57. The Morgan fingerprint density at radius 3 is 2.72 bits per heavy atom. The Morgan fingerprint density at radius 1 is 1.32 bits per heavy atom. The Labute approximate surface area is 146 Å². The molecule has 0 radical (unpaired) electrons. The number of hydrogen-bond donors (Lipinski definition) is 3. The van der Waals surface area contributed by atoms with Gasteiger partial charge in [-0.2, -0.15) is 0 Å². The molecule has 0 unspecified atom stereocenters. The molecule has 1 aromatic carbocycles. The second kappa shape index (κ2) is 7.57. The minimum atomic E-state index is -0.823. The Bertz CT molecular complexity index is 755. The van der Waals surface area contributed by atoms with E-state index in [1.54, 1.807) is 0 Å². The van der Waals surface area contributed by atoms with Crippen LogP contribution in [0.15, 0.2) is 30.3 Å². The molecule has 25 heavy (non-hydrogen) atoms. The van der Waals surface area contributed by atoms with Crippen LogP contribution in [0.5, 0.6) is 0 Å². The highest BCUT2D eigenvalue weighted by atomic mass is 16.4. The molecule has 1 aliphatic heterocycles. The minimum Gasteiger partial charge on any atom is -0.481 e. The summed E-state index contributed by atoms with van der Waals surface area (Å²) in [4.78, 5) is 11.9. The van der Waals surface area contributed by atoms with E-state index in [0.717, 1.165) is 24.2 Å². The topological polar surface area (TPSA) is 104 Å². The van der Waals surface area contributed by atoms with Crippen LogP contribution in [0.1, 0.15) is 36.7 Å². The molecule has 0 saturated carbocycles. The summed E-state index contributed by atoms with van der Waals surface area (Å²) in [6, 6.07) is 8.16. The van der Waals surface area contributed by atoms with E-state index in [0.29, 0.717) is 12.2 Å². The van der Waals surface area contributed by atoms with Gasteiger partial charge in [-0.3, -0.25) is 4.79 Å². The largest absolute Gasteiger partial charge is 0.481 e. The molecule has 1 aromatic heterocycles. The number of benzene rings is 1. The van der Waals surface area contributed by atoms with E-state index < -0.39 is 11.9 Å². The van der Waals surface area contributed by atoms with E-state index in [9.17, 15) is 9.90 Å². The number of carboxylic acid groups (broad SMARTS) is 1. The first kappa shape index (κ1) is 17.3. The molecule has 3 N–H and O–H groups in total. The van der Waals surface area contributed by atoms with Gasteiger partial charge < -0.3 is 10.4 Å². The number of hydrogen-bond acceptors (Lipinski definition) is 5. The van der Waals surface area contributed by atoms with Crippen molar-refractivity contribution in [3.63, 3.8) is 0 Å². The van der Waals surface area contributed by atoms with Crippen molar-refractivity contribution >= 4 is 11.5 Å². The third kappa shape index (κ3) is 3.76. The molecule has 7 heteroatoms. The Morgan fingerprint density at radius 2 is 2.12 bits per heavy atom. The molecule has 1 aliphatic rings. The summed E-state index contributed by atoms with van der Waals surface area (Å²) in [5.74, 6) is -1.22. The second-order valence-electron chi connectivity index (χ2n) is 6.72. The van der Waals surface area contributed by atoms with Crippen LogP contribution < -0.4 is 5.32 Å². The predicted molar refractivity (Wildman–Crippen MR) is 93.9 cm³/mol. The molecule has 2 atom stereocenters. The van der Waals surface area contributed by atoms with Crippen molar-refractivity contribution in [3.8, 4) is 0 Å². The maximum Gasteiger partial charge on any atom is 0.307 e. The lowest BCUT2D eigenvalue weighted by Crippen LogP contribution is -2.29. The van der Waals surface area contributed by atoms with Crippen molar-refractivity contribution in [3.05, 3.63) is 47.3 Å². The summed E-state index contributed by atoms with van der Waals surface area (Å²) >= 11 is 0. The molecule has 0 saturated heterocycles. The third-order valence-corrected chi connectivity index (χ3v) is 4.76. The average Bonchev–Trinajstić information content (AvgIpc) is 3.28. The lowest BCUT2D eigenvalue weighted by atomic mass is 9.78. The summed E-state index contributed by atoms with van der Waals surface area (Å²) in [7, 11) is 0. The van der Waals surface area contributed by atoms with Crippen LogP contribution in [0.25, 0.3) is 5.57 Å². The van der Waals surface area contributed by atoms with E-state index in [4.69, 9.17) is 0 Å². The summed E-state index contributed by atoms with van der Waals surface area (Å²) in [5.41, 5.74) is 3.53. The van der Waals surface area contributed by atoms with Crippen molar-refractivity contribution in [1.82, 2.24) is 25.9 Å². The average molecular weight is 341 g/mol. The van der Waals surface area contributed by atoms with Gasteiger partial charge in [-0.05, 0) is 39.5 Å². The van der Waals surface area contributed by atoms with E-state index in [-0.39, 0.29) is 11.8 Å². The molecule has 0 aliphatic carbocycles. The van der Waals surface area contributed by atoms with Gasteiger partial charge in [0.25, 0.3) is 0 Å². The highest BCUT2D eigenvalue weighted by molar-refractivity contribution is 5.73. The van der Waals surface area contributed by atoms with Crippen LogP contribution in [-0.4, -0.2) is 44.8 Å². The highest BCUT2D eigenvalue weighted by Crippen LogP contribution is 2.34. The molecule has 0 amide bonds. The number of nitrogens with zero attached hydrogens (tertiary/aromatic N) is 3. The minimum absolute atomic E-state index is 0.0351. The fourth-order valence-corrected chi connectivity index (χ4v) is 3.57. The van der Waals surface area contributed by atoms with E-state index in [2.05, 4.69) is 44.1 Å². The maximum atomic E-state index is 11.9. The summed E-state index contributed by atoms with van der Waals surface area (Å²) < 4.78 is 0. The Hall–Kier alpha value is -2.54. The number of rotatable bonds is 7. The summed E-state index contributed by atoms with van der Waals surface area (Å²) in [5, 5.41) is 27.2. The Kier molecular flexibility index (Phi) is 5.23. The quantitative estimate of drug-likeness (QED) is 0.710. The van der Waals surface area contributed by atoms with Crippen molar-refractivity contribution in [2.24, 2.45) is 11.8 Å². The van der Waals surface area contributed by atoms with Gasteiger partial charge in [0.2, 0.25) is 0 Å². The van der Waals surface area contributed by atoms with E-state index in [1.807, 2.05) is 26.0 Å². The zero-order valence-electron chi connectivity index (χ0n) is 14.4. The van der Waals surface area contributed by atoms with Crippen LogP contribution in [0.3, 0.4) is 0 Å². The van der Waals surface area contributed by atoms with Gasteiger partial charge in [-0.25, -0.2) is 5.10 Å². The zero-order valence-corrected chi connectivity index (χ0v) is 14.4. The van der Waals surface area contributed by atoms with Crippen LogP contribution in [0.2, 0.25) is 0 Å². The molecule has 2 aromatic rings. The van der Waals surface area contributed by atoms with Gasteiger partial charge in [-0.1, -0.05) is 44.2 Å². The molecule has 0 bridgehead atoms. The molecule has 132 valence electrons. The number of H-pyrrole nitrogens is 1. The number of aliphatic carboxylic acids is 1. The molecule has 7 nitrogen and oxygen atoms in total. The monoisotopic (exact) mass is 341 g/mol. The van der Waals surface area contributed by atoms with Gasteiger partial charge in [0, 0.05) is 19.0 Å². The van der Waals surface area contributed by atoms with Crippen molar-refractivity contribution in [2.45, 2.75) is 26.2 Å². The molecule has 0 fully saturated rings. The number of aromatic amines is 1. The number of nitrogens with one attached hydrogen (secondary N) is 2. The number of carbonyl (C=O) groups is 1. The molecular formula is C18H23N5O2. The smallest absolute Gasteiger partial charge is 0.307 e. The number of aromatic nitrogens is 4. The first-order valence-corrected chi connectivity index (χ1v) is 8.52. The zero-order chi connectivity index (χ0) is 17.8. The predicted octanol–water partition coefficient (Wildman–Crippen LogP) is 1.87. The van der Waals surface area contributed by atoms with Crippen LogP contribution >= 0.6 is 0 Å². The van der Waals surface area contributed by atoms with Crippen LogP contribution in [-0.2, 0) is 11.2 Å². The van der Waals surface area contributed by atoms with Crippen LogP contribution in [0.4, 0.5) is 0 Å². The van der Waals surface area contributed by atoms with Gasteiger partial charge in [-0.15, -0.1) is 5.10 Å². The lowest BCUT2D eigenvalue weighted by molar-refractivity contribution is -0.144. The number of tetrazole rings is 1. The Balaban J connectivity index is 1.98. The van der Waals surface area contributed by atoms with Crippen molar-refractivity contribution in [2.75, 3.05) is 13.1 Å². The first-order valence-electron chi connectivity index (χ1n) is 8.52. The summed E-state index contributed by atoms with van der Waals surface area (Å²) in [6.45, 7) is 5.54. The summed E-state index contributed by atoms with van der Waals surface area (Å²) in [6.07, 6.45) is 2.75. The normalized spacial score (nSPS) is 16.7. The van der Waals surface area contributed by atoms with Crippen molar-refractivity contribution < 1.29 is 9.90 Å². The van der Waals surface area contributed by atoms with Gasteiger partial charge in [0.15, 0.2) is 5.82 Å². The standard InChI is InChI=1S/C18H23N5O2/c1-11(2)16(18(24)25)15(17-20-22-23-21-17)9-12-5-3-4-6-14(12)13-7-8-19-10-13/h3-7,11,15-16,19H,8-10H2,1-2H3,(H,24,25)(H,20,21,22,23)/t15-,16-/m0/s1. The molecule has 0 spiro atoms. The third-order valence-electron chi connectivity index (χ3n) is 4.76. The van der Waals surface area contributed by atoms with E-state index in [1.165, 1.54) is 5.57 Å². The highest BCUT2D eigenvalue weighted by Gasteiger charge is 2.35. The number of carboxylic acids is 1. The fraction of sp³-hybridized carbons (Fsp3) is 0.444. The van der Waals surface area contributed by atoms with E-state index >= 15 is 0 Å². The van der Waals surface area contributed by atoms with Crippen molar-refractivity contribution in [1.29, 1.82) is 0 Å². The molecule has 3 rings (SSSR count). The molecular weight excluding hydrogens is 318 g/mol. The second-order valence-corrected chi connectivity index (χ2v) is 6.72. The first-order chi connectivity index (χ1) is 12.1.